The topological polar surface area (TPSA) is 88.7 Å². The molecule has 178 valence electrons. The third kappa shape index (κ3) is 10.2. The van der Waals surface area contributed by atoms with E-state index in [1.54, 1.807) is 30.3 Å². The van der Waals surface area contributed by atoms with Crippen molar-refractivity contribution < 1.29 is 19.1 Å². The number of aryl methyl sites for hydroxylation is 1. The van der Waals surface area contributed by atoms with Crippen molar-refractivity contribution in [1.29, 1.82) is 0 Å². The summed E-state index contributed by atoms with van der Waals surface area (Å²) in [5.74, 6) is 0.425. The van der Waals surface area contributed by atoms with Crippen LogP contribution in [0.25, 0.3) is 0 Å². The van der Waals surface area contributed by atoms with E-state index >= 15 is 0 Å². The number of halogens is 1. The molecule has 2 aromatic carbocycles. The second kappa shape index (κ2) is 14.5. The van der Waals surface area contributed by atoms with Crippen LogP contribution < -0.4 is 25.6 Å². The van der Waals surface area contributed by atoms with E-state index in [1.807, 2.05) is 19.1 Å². The van der Waals surface area contributed by atoms with Crippen molar-refractivity contribution in [1.82, 2.24) is 16.2 Å². The predicted molar refractivity (Wildman–Crippen MR) is 136 cm³/mol. The molecule has 0 atom stereocenters. The van der Waals surface area contributed by atoms with Gasteiger partial charge in [0.15, 0.2) is 11.7 Å². The number of unbranched alkanes of at least 4 members (excludes halogenated alkanes) is 4. The Balaban J connectivity index is 1.67. The number of rotatable bonds is 11. The van der Waals surface area contributed by atoms with E-state index in [9.17, 15) is 9.59 Å². The standard InChI is InChI=1S/C24H30BrN3O4S/c1-3-4-5-6-7-14-31-19-11-9-18(10-12-19)23(30)26-24(33)28-27-22(29)16-32-21-13-8-17(2)15-20(21)25/h8-13,15H,3-7,14,16H2,1-2H3,(H,27,29)(H2,26,28,30,33). The van der Waals surface area contributed by atoms with Gasteiger partial charge < -0.3 is 9.47 Å². The molecule has 0 bridgehead atoms. The van der Waals surface area contributed by atoms with Crippen LogP contribution in [-0.2, 0) is 4.79 Å². The monoisotopic (exact) mass is 535 g/mol. The first-order valence-corrected chi connectivity index (χ1v) is 12.1. The molecular formula is C24H30BrN3O4S. The summed E-state index contributed by atoms with van der Waals surface area (Å²) in [6, 6.07) is 12.4. The van der Waals surface area contributed by atoms with E-state index in [0.29, 0.717) is 17.9 Å². The van der Waals surface area contributed by atoms with Gasteiger partial charge in [0, 0.05) is 5.56 Å². The Kier molecular flexibility index (Phi) is 11.7. The maximum atomic E-state index is 12.3. The average Bonchev–Trinajstić information content (AvgIpc) is 2.79. The van der Waals surface area contributed by atoms with Crippen molar-refractivity contribution in [2.24, 2.45) is 0 Å². The zero-order valence-corrected chi connectivity index (χ0v) is 21.3. The highest BCUT2D eigenvalue weighted by atomic mass is 79.9. The molecule has 0 saturated carbocycles. The van der Waals surface area contributed by atoms with Gasteiger partial charge in [-0.1, -0.05) is 38.7 Å². The highest BCUT2D eigenvalue weighted by Gasteiger charge is 2.10. The number of carbonyl (C=O) groups is 2. The molecule has 0 aromatic heterocycles. The van der Waals surface area contributed by atoms with Gasteiger partial charge in [0.05, 0.1) is 11.1 Å². The summed E-state index contributed by atoms with van der Waals surface area (Å²) in [6.07, 6.45) is 5.87. The normalized spacial score (nSPS) is 10.3. The number of carbonyl (C=O) groups excluding carboxylic acids is 2. The molecule has 2 rings (SSSR count). The molecule has 0 saturated heterocycles. The lowest BCUT2D eigenvalue weighted by Gasteiger charge is -2.12. The molecule has 33 heavy (non-hydrogen) atoms. The smallest absolute Gasteiger partial charge is 0.276 e. The van der Waals surface area contributed by atoms with Crippen LogP contribution in [0.3, 0.4) is 0 Å². The highest BCUT2D eigenvalue weighted by Crippen LogP contribution is 2.25. The maximum Gasteiger partial charge on any atom is 0.276 e. The largest absolute Gasteiger partial charge is 0.494 e. The van der Waals surface area contributed by atoms with Crippen LogP contribution >= 0.6 is 28.1 Å². The van der Waals surface area contributed by atoms with E-state index < -0.39 is 11.8 Å². The first-order valence-electron chi connectivity index (χ1n) is 10.9. The van der Waals surface area contributed by atoms with Gasteiger partial charge in [-0.15, -0.1) is 0 Å². The highest BCUT2D eigenvalue weighted by molar-refractivity contribution is 9.10. The van der Waals surface area contributed by atoms with E-state index in [-0.39, 0.29) is 11.7 Å². The van der Waals surface area contributed by atoms with Crippen LogP contribution in [0.15, 0.2) is 46.9 Å². The molecule has 2 aromatic rings. The second-order valence-electron chi connectivity index (χ2n) is 7.47. The number of amides is 2. The Hall–Kier alpha value is -2.65. The second-order valence-corrected chi connectivity index (χ2v) is 8.73. The van der Waals surface area contributed by atoms with Crippen LogP contribution in [-0.4, -0.2) is 30.1 Å². The molecule has 0 unspecified atom stereocenters. The zero-order chi connectivity index (χ0) is 24.1. The number of ether oxygens (including phenoxy) is 2. The number of benzene rings is 2. The van der Waals surface area contributed by atoms with Crippen LogP contribution in [0, 0.1) is 6.92 Å². The molecule has 0 heterocycles. The Labute approximate surface area is 208 Å². The molecule has 0 aliphatic rings. The zero-order valence-electron chi connectivity index (χ0n) is 18.9. The molecule has 2 amide bonds. The molecule has 0 spiro atoms. The fourth-order valence-corrected chi connectivity index (χ4v) is 3.58. The van der Waals surface area contributed by atoms with Crippen LogP contribution in [0.1, 0.15) is 54.9 Å². The van der Waals surface area contributed by atoms with Gasteiger partial charge in [0.1, 0.15) is 11.5 Å². The molecular weight excluding hydrogens is 506 g/mol. The van der Waals surface area contributed by atoms with Crippen LogP contribution in [0.2, 0.25) is 0 Å². The number of nitrogens with one attached hydrogen (secondary N) is 3. The van der Waals surface area contributed by atoms with Crippen molar-refractivity contribution in [2.75, 3.05) is 13.2 Å². The Morgan fingerprint density at radius 3 is 2.39 bits per heavy atom. The third-order valence-electron chi connectivity index (χ3n) is 4.62. The Morgan fingerprint density at radius 1 is 0.970 bits per heavy atom. The van der Waals surface area contributed by atoms with E-state index in [2.05, 4.69) is 39.0 Å². The first-order chi connectivity index (χ1) is 15.9. The first kappa shape index (κ1) is 26.6. The fourth-order valence-electron chi connectivity index (χ4n) is 2.83. The molecule has 0 fully saturated rings. The fraction of sp³-hybridized carbons (Fsp3) is 0.375. The number of hydrazine groups is 1. The van der Waals surface area contributed by atoms with Crippen molar-refractivity contribution in [2.45, 2.75) is 46.0 Å². The summed E-state index contributed by atoms with van der Waals surface area (Å²) in [4.78, 5) is 24.3. The minimum Gasteiger partial charge on any atom is -0.494 e. The molecule has 9 heteroatoms. The molecule has 0 aliphatic heterocycles. The molecule has 7 nitrogen and oxygen atoms in total. The van der Waals surface area contributed by atoms with Gasteiger partial charge in [0.2, 0.25) is 0 Å². The van der Waals surface area contributed by atoms with E-state index in [0.717, 1.165) is 28.6 Å². The van der Waals surface area contributed by atoms with Gasteiger partial charge in [-0.2, -0.15) is 0 Å². The van der Waals surface area contributed by atoms with Crippen LogP contribution in [0.4, 0.5) is 0 Å². The minimum absolute atomic E-state index is 0.0303. The molecule has 3 N–H and O–H groups in total. The maximum absolute atomic E-state index is 12.3. The summed E-state index contributed by atoms with van der Waals surface area (Å²) in [5, 5.41) is 2.48. The SMILES string of the molecule is CCCCCCCOc1ccc(C(=O)NC(=S)NNC(=O)COc2ccc(C)cc2Br)cc1. The number of hydrogen-bond acceptors (Lipinski definition) is 5. The Bertz CT molecular complexity index is 938. The molecule has 0 radical (unpaired) electrons. The average molecular weight is 536 g/mol. The summed E-state index contributed by atoms with van der Waals surface area (Å²) in [5.41, 5.74) is 6.37. The van der Waals surface area contributed by atoms with Gasteiger partial charge in [-0.25, -0.2) is 0 Å². The van der Waals surface area contributed by atoms with Gasteiger partial charge in [-0.05, 0) is 83.5 Å². The van der Waals surface area contributed by atoms with Gasteiger partial charge in [0.25, 0.3) is 11.8 Å². The lowest BCUT2D eigenvalue weighted by Crippen LogP contribution is -2.49. The summed E-state index contributed by atoms with van der Waals surface area (Å²) in [6.45, 7) is 4.59. The summed E-state index contributed by atoms with van der Waals surface area (Å²) >= 11 is 8.45. The predicted octanol–water partition coefficient (Wildman–Crippen LogP) is 4.82. The summed E-state index contributed by atoms with van der Waals surface area (Å²) < 4.78 is 11.9. The van der Waals surface area contributed by atoms with Gasteiger partial charge >= 0.3 is 0 Å². The van der Waals surface area contributed by atoms with Crippen molar-refractivity contribution in [3.8, 4) is 11.5 Å². The third-order valence-corrected chi connectivity index (χ3v) is 5.45. The Morgan fingerprint density at radius 2 is 1.70 bits per heavy atom. The van der Waals surface area contributed by atoms with Gasteiger partial charge in [-0.3, -0.25) is 25.8 Å². The van der Waals surface area contributed by atoms with Crippen molar-refractivity contribution in [3.05, 3.63) is 58.1 Å². The number of thiocarbonyl (C=S) groups is 1. The van der Waals surface area contributed by atoms with E-state index in [1.165, 1.54) is 19.3 Å². The lowest BCUT2D eigenvalue weighted by atomic mass is 10.2. The van der Waals surface area contributed by atoms with Crippen molar-refractivity contribution in [3.63, 3.8) is 0 Å². The quantitative estimate of drug-likeness (QED) is 0.217. The van der Waals surface area contributed by atoms with Crippen LogP contribution in [0.5, 0.6) is 11.5 Å². The van der Waals surface area contributed by atoms with E-state index in [4.69, 9.17) is 21.7 Å². The molecule has 0 aliphatic carbocycles. The summed E-state index contributed by atoms with van der Waals surface area (Å²) in [7, 11) is 0. The van der Waals surface area contributed by atoms with Crippen molar-refractivity contribution >= 4 is 45.1 Å². The minimum atomic E-state index is -0.449. The lowest BCUT2D eigenvalue weighted by molar-refractivity contribution is -0.123. The number of hydrogen-bond donors (Lipinski definition) is 3.